The Kier molecular flexibility index (Phi) is 4.99. The van der Waals surface area contributed by atoms with E-state index < -0.39 is 0 Å². The van der Waals surface area contributed by atoms with Gasteiger partial charge in [0, 0.05) is 18.0 Å². The number of nitrogens with zero attached hydrogens (tertiary/aromatic N) is 1. The van der Waals surface area contributed by atoms with Crippen LogP contribution in [-0.2, 0) is 6.54 Å². The number of H-pyrrole nitrogens is 1. The molecule has 1 atom stereocenters. The van der Waals surface area contributed by atoms with Crippen molar-refractivity contribution >= 4 is 11.7 Å². The number of amides is 2. The van der Waals surface area contributed by atoms with E-state index >= 15 is 0 Å². The van der Waals surface area contributed by atoms with Crippen molar-refractivity contribution in [3.63, 3.8) is 0 Å². The van der Waals surface area contributed by atoms with Crippen LogP contribution in [0.1, 0.15) is 24.1 Å². The molecule has 0 radical (unpaired) electrons. The molecule has 0 spiro atoms. The number of para-hydroxylation sites is 1. The molecule has 6 nitrogen and oxygen atoms in total. The quantitative estimate of drug-likeness (QED) is 0.669. The van der Waals surface area contributed by atoms with E-state index in [2.05, 4.69) is 15.7 Å². The fourth-order valence-electron chi connectivity index (χ4n) is 2.61. The molecule has 0 bridgehead atoms. The Morgan fingerprint density at radius 1 is 1.08 bits per heavy atom. The maximum atomic E-state index is 12.3. The third-order valence-electron chi connectivity index (χ3n) is 3.96. The van der Waals surface area contributed by atoms with E-state index in [1.54, 1.807) is 6.20 Å². The third-order valence-corrected chi connectivity index (χ3v) is 3.96. The van der Waals surface area contributed by atoms with Crippen LogP contribution in [0, 0.1) is 0 Å². The molecule has 0 aliphatic rings. The van der Waals surface area contributed by atoms with Crippen LogP contribution in [0.5, 0.6) is 0 Å². The lowest BCUT2D eigenvalue weighted by molar-refractivity contribution is 0.249. The molecule has 3 rings (SSSR count). The number of hydrogen-bond acceptors (Lipinski definition) is 2. The van der Waals surface area contributed by atoms with Gasteiger partial charge in [0.2, 0.25) is 0 Å². The fourth-order valence-corrected chi connectivity index (χ4v) is 2.61. The van der Waals surface area contributed by atoms with Crippen molar-refractivity contribution in [2.45, 2.75) is 19.5 Å². The average Bonchev–Trinajstić information content (AvgIpc) is 3.02. The highest BCUT2D eigenvalue weighted by molar-refractivity contribution is 5.90. The molecule has 0 saturated carbocycles. The summed E-state index contributed by atoms with van der Waals surface area (Å²) in [5.41, 5.74) is 2.43. The summed E-state index contributed by atoms with van der Waals surface area (Å²) in [4.78, 5) is 24.0. The van der Waals surface area contributed by atoms with Gasteiger partial charge >= 0.3 is 6.03 Å². The SMILES string of the molecule is CC(NC(=O)Nc1ccccc1Cn1[nH]ccc1=O)c1ccccc1. The van der Waals surface area contributed by atoms with Gasteiger partial charge < -0.3 is 15.7 Å². The molecule has 1 heterocycles. The Bertz CT molecular complexity index is 899. The molecule has 2 aromatic carbocycles. The third kappa shape index (κ3) is 4.17. The number of hydrogen-bond donors (Lipinski definition) is 3. The van der Waals surface area contributed by atoms with E-state index in [0.29, 0.717) is 12.2 Å². The molecular weight excluding hydrogens is 316 g/mol. The second kappa shape index (κ2) is 7.53. The van der Waals surface area contributed by atoms with Crippen molar-refractivity contribution in [2.75, 3.05) is 5.32 Å². The van der Waals surface area contributed by atoms with Crippen LogP contribution in [0.25, 0.3) is 0 Å². The molecule has 0 saturated heterocycles. The van der Waals surface area contributed by atoms with E-state index in [4.69, 9.17) is 0 Å². The van der Waals surface area contributed by atoms with Crippen LogP contribution in [0.2, 0.25) is 0 Å². The first kappa shape index (κ1) is 16.6. The highest BCUT2D eigenvalue weighted by atomic mass is 16.2. The first-order chi connectivity index (χ1) is 12.1. The predicted molar refractivity (Wildman–Crippen MR) is 97.6 cm³/mol. The predicted octanol–water partition coefficient (Wildman–Crippen LogP) is 3.11. The lowest BCUT2D eigenvalue weighted by atomic mass is 10.1. The van der Waals surface area contributed by atoms with Gasteiger partial charge in [0.05, 0.1) is 12.6 Å². The maximum Gasteiger partial charge on any atom is 0.319 e. The van der Waals surface area contributed by atoms with Gasteiger partial charge in [-0.15, -0.1) is 0 Å². The highest BCUT2D eigenvalue weighted by Gasteiger charge is 2.11. The van der Waals surface area contributed by atoms with Gasteiger partial charge in [-0.25, -0.2) is 9.48 Å². The summed E-state index contributed by atoms with van der Waals surface area (Å²) in [6.07, 6.45) is 1.59. The van der Waals surface area contributed by atoms with Gasteiger partial charge in [-0.3, -0.25) is 4.79 Å². The van der Waals surface area contributed by atoms with Crippen LogP contribution in [0.3, 0.4) is 0 Å². The zero-order valence-corrected chi connectivity index (χ0v) is 13.9. The van der Waals surface area contributed by atoms with Crippen LogP contribution in [0.15, 0.2) is 71.7 Å². The monoisotopic (exact) mass is 336 g/mol. The molecule has 0 aliphatic heterocycles. The van der Waals surface area contributed by atoms with E-state index in [1.807, 2.05) is 61.5 Å². The molecule has 2 amide bonds. The average molecular weight is 336 g/mol. The van der Waals surface area contributed by atoms with Crippen molar-refractivity contribution in [3.05, 3.63) is 88.3 Å². The van der Waals surface area contributed by atoms with Crippen LogP contribution in [0.4, 0.5) is 10.5 Å². The van der Waals surface area contributed by atoms with Crippen molar-refractivity contribution in [1.82, 2.24) is 15.1 Å². The van der Waals surface area contributed by atoms with Gasteiger partial charge in [0.15, 0.2) is 0 Å². The van der Waals surface area contributed by atoms with E-state index in [-0.39, 0.29) is 17.6 Å². The number of benzene rings is 2. The van der Waals surface area contributed by atoms with Crippen LogP contribution < -0.4 is 16.2 Å². The topological polar surface area (TPSA) is 78.9 Å². The van der Waals surface area contributed by atoms with Crippen LogP contribution in [-0.4, -0.2) is 15.8 Å². The molecule has 0 aliphatic carbocycles. The number of rotatable bonds is 5. The Labute approximate surface area is 145 Å². The number of anilines is 1. The lowest BCUT2D eigenvalue weighted by Crippen LogP contribution is -2.31. The first-order valence-electron chi connectivity index (χ1n) is 8.08. The van der Waals surface area contributed by atoms with Gasteiger partial charge in [-0.2, -0.15) is 0 Å². The minimum absolute atomic E-state index is 0.112. The second-order valence-electron chi connectivity index (χ2n) is 5.77. The second-order valence-corrected chi connectivity index (χ2v) is 5.77. The van der Waals surface area contributed by atoms with Crippen molar-refractivity contribution in [3.8, 4) is 0 Å². The molecule has 25 heavy (non-hydrogen) atoms. The fraction of sp³-hybridized carbons (Fsp3) is 0.158. The Balaban J connectivity index is 1.69. The van der Waals surface area contributed by atoms with Gasteiger partial charge in [0.25, 0.3) is 5.56 Å². The number of carbonyl (C=O) groups is 1. The summed E-state index contributed by atoms with van der Waals surface area (Å²) in [7, 11) is 0. The number of nitrogens with one attached hydrogen (secondary N) is 3. The largest absolute Gasteiger partial charge is 0.331 e. The lowest BCUT2D eigenvalue weighted by Gasteiger charge is -2.16. The summed E-state index contributed by atoms with van der Waals surface area (Å²) in [6.45, 7) is 2.29. The maximum absolute atomic E-state index is 12.3. The minimum Gasteiger partial charge on any atom is -0.331 e. The molecule has 6 heteroatoms. The number of aromatic nitrogens is 2. The molecule has 3 N–H and O–H groups in total. The van der Waals surface area contributed by atoms with Crippen molar-refractivity contribution in [1.29, 1.82) is 0 Å². The summed E-state index contributed by atoms with van der Waals surface area (Å²) >= 11 is 0. The minimum atomic E-state index is -0.289. The van der Waals surface area contributed by atoms with Gasteiger partial charge in [-0.1, -0.05) is 48.5 Å². The van der Waals surface area contributed by atoms with Crippen LogP contribution >= 0.6 is 0 Å². The summed E-state index contributed by atoms with van der Waals surface area (Å²) < 4.78 is 1.48. The summed E-state index contributed by atoms with van der Waals surface area (Å²) in [5, 5.41) is 8.64. The van der Waals surface area contributed by atoms with Crippen molar-refractivity contribution in [2.24, 2.45) is 0 Å². The Morgan fingerprint density at radius 3 is 2.52 bits per heavy atom. The molecule has 1 aromatic heterocycles. The van der Waals surface area contributed by atoms with E-state index in [1.165, 1.54) is 10.7 Å². The highest BCUT2D eigenvalue weighted by Crippen LogP contribution is 2.17. The number of aromatic amines is 1. The molecule has 0 fully saturated rings. The molecule has 1 unspecified atom stereocenters. The Hall–Kier alpha value is -3.28. The normalized spacial score (nSPS) is 11.7. The molecule has 128 valence electrons. The standard InChI is InChI=1S/C19H20N4O2/c1-14(15-7-3-2-4-8-15)21-19(25)22-17-10-6-5-9-16(17)13-23-18(24)11-12-20-23/h2-12,14,20H,13H2,1H3,(H2,21,22,25). The zero-order chi connectivity index (χ0) is 17.6. The van der Waals surface area contributed by atoms with E-state index in [9.17, 15) is 9.59 Å². The smallest absolute Gasteiger partial charge is 0.319 e. The Morgan fingerprint density at radius 2 is 1.80 bits per heavy atom. The number of urea groups is 1. The first-order valence-corrected chi connectivity index (χ1v) is 8.08. The molecular formula is C19H20N4O2. The summed E-state index contributed by atoms with van der Waals surface area (Å²) in [5.74, 6) is 0. The van der Waals surface area contributed by atoms with Gasteiger partial charge in [-0.05, 0) is 24.1 Å². The van der Waals surface area contributed by atoms with Gasteiger partial charge in [0.1, 0.15) is 0 Å². The van der Waals surface area contributed by atoms with Crippen molar-refractivity contribution < 1.29 is 4.79 Å². The molecule has 3 aromatic rings. The van der Waals surface area contributed by atoms with E-state index in [0.717, 1.165) is 11.1 Å². The summed E-state index contributed by atoms with van der Waals surface area (Å²) in [6, 6.07) is 18.2. The zero-order valence-electron chi connectivity index (χ0n) is 13.9. The number of carbonyl (C=O) groups excluding carboxylic acids is 1.